The van der Waals surface area contributed by atoms with Crippen LogP contribution in [0.4, 0.5) is 5.82 Å². The molecule has 0 radical (unpaired) electrons. The zero-order valence-corrected chi connectivity index (χ0v) is 10.1. The molecule has 0 fully saturated rings. The van der Waals surface area contributed by atoms with Crippen LogP contribution in [-0.2, 0) is 0 Å². The number of benzene rings is 1. The lowest BCUT2D eigenvalue weighted by Gasteiger charge is -2.03. The molecule has 0 saturated carbocycles. The summed E-state index contributed by atoms with van der Waals surface area (Å²) in [6, 6.07) is 10.3. The molecule has 0 bridgehead atoms. The summed E-state index contributed by atoms with van der Waals surface area (Å²) < 4.78 is 0. The number of rotatable bonds is 3. The van der Waals surface area contributed by atoms with E-state index in [1.54, 1.807) is 18.1 Å². The Hall–Kier alpha value is -1.55. The van der Waals surface area contributed by atoms with Gasteiger partial charge in [0.2, 0.25) is 0 Å². The standard InChI is InChI=1S/C12H13N3S/c1-9-4-3-5-10(6-9)16-12-7-11(13-2)14-8-15-12/h3-8H,1-2H3,(H,13,14,15). The average molecular weight is 231 g/mol. The van der Waals surface area contributed by atoms with Gasteiger partial charge in [0.1, 0.15) is 17.2 Å². The number of nitrogens with one attached hydrogen (secondary N) is 1. The molecular weight excluding hydrogens is 218 g/mol. The normalized spacial score (nSPS) is 10.1. The maximum absolute atomic E-state index is 4.22. The molecule has 2 rings (SSSR count). The summed E-state index contributed by atoms with van der Waals surface area (Å²) in [6.45, 7) is 2.09. The Morgan fingerprint density at radius 1 is 1.19 bits per heavy atom. The minimum absolute atomic E-state index is 0.838. The summed E-state index contributed by atoms with van der Waals surface area (Å²) in [5.74, 6) is 0.838. The molecule has 1 heterocycles. The van der Waals surface area contributed by atoms with E-state index in [0.29, 0.717) is 0 Å². The van der Waals surface area contributed by atoms with E-state index >= 15 is 0 Å². The Bertz CT molecular complexity index is 485. The lowest BCUT2D eigenvalue weighted by Crippen LogP contribution is -1.93. The van der Waals surface area contributed by atoms with Crippen LogP contribution in [0.1, 0.15) is 5.56 Å². The molecule has 0 spiro atoms. The molecule has 2 aromatic rings. The van der Waals surface area contributed by atoms with Crippen molar-refractivity contribution in [3.63, 3.8) is 0 Å². The predicted molar refractivity (Wildman–Crippen MR) is 66.9 cm³/mol. The third-order valence-corrected chi connectivity index (χ3v) is 3.03. The minimum Gasteiger partial charge on any atom is -0.373 e. The highest BCUT2D eigenvalue weighted by atomic mass is 32.2. The zero-order valence-electron chi connectivity index (χ0n) is 9.27. The molecule has 16 heavy (non-hydrogen) atoms. The van der Waals surface area contributed by atoms with Gasteiger partial charge in [0, 0.05) is 18.0 Å². The Morgan fingerprint density at radius 3 is 2.81 bits per heavy atom. The molecule has 0 aliphatic heterocycles. The number of aryl methyl sites for hydroxylation is 1. The Kier molecular flexibility index (Phi) is 3.41. The van der Waals surface area contributed by atoms with Gasteiger partial charge in [0.15, 0.2) is 0 Å². The number of nitrogens with zero attached hydrogens (tertiary/aromatic N) is 2. The van der Waals surface area contributed by atoms with Crippen LogP contribution in [0.25, 0.3) is 0 Å². The van der Waals surface area contributed by atoms with Crippen LogP contribution in [0, 0.1) is 6.92 Å². The van der Waals surface area contributed by atoms with Gasteiger partial charge >= 0.3 is 0 Å². The molecule has 0 atom stereocenters. The van der Waals surface area contributed by atoms with Gasteiger partial charge in [0.05, 0.1) is 0 Å². The van der Waals surface area contributed by atoms with E-state index < -0.39 is 0 Å². The Balaban J connectivity index is 2.20. The third-order valence-electron chi connectivity index (χ3n) is 2.11. The maximum Gasteiger partial charge on any atom is 0.130 e. The van der Waals surface area contributed by atoms with Crippen molar-refractivity contribution in [2.45, 2.75) is 16.8 Å². The molecule has 0 aliphatic rings. The van der Waals surface area contributed by atoms with Crippen LogP contribution in [0.3, 0.4) is 0 Å². The van der Waals surface area contributed by atoms with Crippen molar-refractivity contribution >= 4 is 17.6 Å². The topological polar surface area (TPSA) is 37.8 Å². The van der Waals surface area contributed by atoms with Crippen LogP contribution in [0.5, 0.6) is 0 Å². The number of anilines is 1. The van der Waals surface area contributed by atoms with Crippen LogP contribution >= 0.6 is 11.8 Å². The van der Waals surface area contributed by atoms with Crippen molar-refractivity contribution < 1.29 is 0 Å². The largest absolute Gasteiger partial charge is 0.373 e. The first-order chi connectivity index (χ1) is 7.78. The van der Waals surface area contributed by atoms with E-state index in [0.717, 1.165) is 10.8 Å². The first-order valence-corrected chi connectivity index (χ1v) is 5.84. The number of aromatic nitrogens is 2. The lowest BCUT2D eigenvalue weighted by molar-refractivity contribution is 1.05. The first-order valence-electron chi connectivity index (χ1n) is 5.02. The highest BCUT2D eigenvalue weighted by Gasteiger charge is 2.00. The summed E-state index contributed by atoms with van der Waals surface area (Å²) in [4.78, 5) is 9.50. The molecule has 1 aromatic carbocycles. The maximum atomic E-state index is 4.22. The number of hydrogen-bond donors (Lipinski definition) is 1. The van der Waals surface area contributed by atoms with Crippen molar-refractivity contribution in [2.75, 3.05) is 12.4 Å². The van der Waals surface area contributed by atoms with Gasteiger partial charge in [-0.1, -0.05) is 29.5 Å². The van der Waals surface area contributed by atoms with Crippen LogP contribution in [0.2, 0.25) is 0 Å². The van der Waals surface area contributed by atoms with Crippen LogP contribution in [-0.4, -0.2) is 17.0 Å². The zero-order chi connectivity index (χ0) is 11.4. The van der Waals surface area contributed by atoms with Gasteiger partial charge in [-0.25, -0.2) is 9.97 Å². The minimum atomic E-state index is 0.838. The second-order valence-electron chi connectivity index (χ2n) is 3.41. The highest BCUT2D eigenvalue weighted by Crippen LogP contribution is 2.27. The van der Waals surface area contributed by atoms with E-state index in [-0.39, 0.29) is 0 Å². The van der Waals surface area contributed by atoms with Gasteiger partial charge in [-0.3, -0.25) is 0 Å². The first kappa shape index (κ1) is 11.0. The van der Waals surface area contributed by atoms with Gasteiger partial charge in [-0.15, -0.1) is 0 Å². The third kappa shape index (κ3) is 2.73. The molecule has 0 amide bonds. The monoisotopic (exact) mass is 231 g/mol. The van der Waals surface area contributed by atoms with Gasteiger partial charge in [-0.2, -0.15) is 0 Å². The average Bonchev–Trinajstić information content (AvgIpc) is 2.29. The molecule has 1 aromatic heterocycles. The summed E-state index contributed by atoms with van der Waals surface area (Å²) in [5.41, 5.74) is 1.26. The molecule has 4 heteroatoms. The lowest BCUT2D eigenvalue weighted by atomic mass is 10.2. The molecule has 82 valence electrons. The smallest absolute Gasteiger partial charge is 0.130 e. The van der Waals surface area contributed by atoms with Gasteiger partial charge < -0.3 is 5.32 Å². The molecule has 1 N–H and O–H groups in total. The van der Waals surface area contributed by atoms with E-state index in [9.17, 15) is 0 Å². The van der Waals surface area contributed by atoms with E-state index in [4.69, 9.17) is 0 Å². The second kappa shape index (κ2) is 4.99. The van der Waals surface area contributed by atoms with E-state index in [1.807, 2.05) is 13.1 Å². The summed E-state index contributed by atoms with van der Waals surface area (Å²) in [5, 5.41) is 3.95. The summed E-state index contributed by atoms with van der Waals surface area (Å²) >= 11 is 1.64. The fraction of sp³-hybridized carbons (Fsp3) is 0.167. The van der Waals surface area contributed by atoms with Crippen LogP contribution < -0.4 is 5.32 Å². The molecule has 0 aliphatic carbocycles. The fourth-order valence-electron chi connectivity index (χ4n) is 1.33. The summed E-state index contributed by atoms with van der Waals surface area (Å²) in [7, 11) is 1.85. The fourth-order valence-corrected chi connectivity index (χ4v) is 2.23. The van der Waals surface area contributed by atoms with E-state index in [1.165, 1.54) is 10.5 Å². The van der Waals surface area contributed by atoms with Crippen molar-refractivity contribution in [3.8, 4) is 0 Å². The van der Waals surface area contributed by atoms with Gasteiger partial charge in [-0.05, 0) is 19.1 Å². The molecule has 0 unspecified atom stereocenters. The van der Waals surface area contributed by atoms with Crippen molar-refractivity contribution in [1.29, 1.82) is 0 Å². The number of hydrogen-bond acceptors (Lipinski definition) is 4. The van der Waals surface area contributed by atoms with Gasteiger partial charge in [0.25, 0.3) is 0 Å². The quantitative estimate of drug-likeness (QED) is 0.824. The molecule has 0 saturated heterocycles. The van der Waals surface area contributed by atoms with Crippen LogP contribution in [0.15, 0.2) is 46.6 Å². The predicted octanol–water partition coefficient (Wildman–Crippen LogP) is 2.98. The van der Waals surface area contributed by atoms with Crippen molar-refractivity contribution in [1.82, 2.24) is 9.97 Å². The second-order valence-corrected chi connectivity index (χ2v) is 4.50. The molecular formula is C12H13N3S. The summed E-state index contributed by atoms with van der Waals surface area (Å²) in [6.07, 6.45) is 1.57. The SMILES string of the molecule is CNc1cc(Sc2cccc(C)c2)ncn1. The van der Waals surface area contributed by atoms with Crippen molar-refractivity contribution in [2.24, 2.45) is 0 Å². The molecule has 3 nitrogen and oxygen atoms in total. The Morgan fingerprint density at radius 2 is 2.06 bits per heavy atom. The van der Waals surface area contributed by atoms with E-state index in [2.05, 4.69) is 46.5 Å². The van der Waals surface area contributed by atoms with Crippen molar-refractivity contribution in [3.05, 3.63) is 42.2 Å². The highest BCUT2D eigenvalue weighted by molar-refractivity contribution is 7.99. The Labute approximate surface area is 99.3 Å².